The van der Waals surface area contributed by atoms with Gasteiger partial charge in [0.2, 0.25) is 5.91 Å². The summed E-state index contributed by atoms with van der Waals surface area (Å²) in [6, 6.07) is 18.0. The zero-order valence-corrected chi connectivity index (χ0v) is 32.7. The second-order valence-corrected chi connectivity index (χ2v) is 16.5. The molecule has 2 amide bonds. The summed E-state index contributed by atoms with van der Waals surface area (Å²) in [5.41, 5.74) is 5.50. The molecule has 0 atom stereocenters. The average molecular weight is 749 g/mol. The van der Waals surface area contributed by atoms with Crippen molar-refractivity contribution in [2.24, 2.45) is 0 Å². The minimum atomic E-state index is -1.10. The number of carbonyl (C=O) groups is 3. The first-order valence-electron chi connectivity index (χ1n) is 18.4. The number of carboxylic acid groups (broad SMARTS) is 1. The van der Waals surface area contributed by atoms with Crippen molar-refractivity contribution in [1.29, 1.82) is 0 Å². The number of carboxylic acids is 1. The molecule has 1 aliphatic heterocycles. The van der Waals surface area contributed by atoms with E-state index in [1.807, 2.05) is 63.2 Å². The predicted octanol–water partition coefficient (Wildman–Crippen LogP) is 6.81. The molecule has 0 bridgehead atoms. The molecule has 0 radical (unpaired) electrons. The molecule has 3 aromatic rings. The topological polar surface area (TPSA) is 142 Å². The first kappa shape index (κ1) is 41.8. The molecule has 12 heteroatoms. The Balaban J connectivity index is 1.33. The van der Waals surface area contributed by atoms with Gasteiger partial charge in [-0.05, 0) is 100 Å². The molecule has 1 aromatic heterocycles. The van der Waals surface area contributed by atoms with E-state index < -0.39 is 18.1 Å². The van der Waals surface area contributed by atoms with E-state index in [0.717, 1.165) is 46.8 Å². The van der Waals surface area contributed by atoms with Gasteiger partial charge in [0.1, 0.15) is 6.54 Å². The summed E-state index contributed by atoms with van der Waals surface area (Å²) in [4.78, 5) is 46.2. The maximum atomic E-state index is 13.7. The number of aliphatic hydroxyl groups is 1. The number of piperidine rings is 1. The van der Waals surface area contributed by atoms with Gasteiger partial charge < -0.3 is 34.8 Å². The first-order valence-corrected chi connectivity index (χ1v) is 19.4. The number of carbonyl (C=O) groups excluding carboxylic acids is 2. The number of hydrogen-bond donors (Lipinski definition) is 3. The largest absolute Gasteiger partial charge is 0.480 e. The van der Waals surface area contributed by atoms with Crippen LogP contribution in [0.1, 0.15) is 81.3 Å². The molecule has 2 aromatic carbocycles. The number of hydrogen-bond acceptors (Lipinski definition) is 9. The smallest absolute Gasteiger partial charge is 0.323 e. The highest BCUT2D eigenvalue weighted by atomic mass is 32.2. The molecule has 1 fully saturated rings. The van der Waals surface area contributed by atoms with Crippen molar-refractivity contribution in [3.05, 3.63) is 77.5 Å². The molecule has 4 rings (SSSR count). The number of nitrogens with zero attached hydrogens (tertiary/aromatic N) is 3. The minimum absolute atomic E-state index is 0.0221. The average Bonchev–Trinajstić information content (AvgIpc) is 3.12. The van der Waals surface area contributed by atoms with Gasteiger partial charge in [0.05, 0.1) is 43.2 Å². The Morgan fingerprint density at radius 1 is 0.981 bits per heavy atom. The van der Waals surface area contributed by atoms with Gasteiger partial charge >= 0.3 is 5.97 Å². The van der Waals surface area contributed by atoms with E-state index in [1.54, 1.807) is 18.0 Å². The Hall–Kier alpha value is -3.97. The number of pyridine rings is 1. The third-order valence-electron chi connectivity index (χ3n) is 9.18. The van der Waals surface area contributed by atoms with Gasteiger partial charge in [-0.15, -0.1) is 0 Å². The van der Waals surface area contributed by atoms with E-state index in [2.05, 4.69) is 41.2 Å². The Labute approximate surface area is 318 Å². The molecule has 288 valence electrons. The number of benzene rings is 2. The van der Waals surface area contributed by atoms with Gasteiger partial charge in [-0.2, -0.15) is 11.8 Å². The number of rotatable bonds is 20. The van der Waals surface area contributed by atoms with Gasteiger partial charge in [-0.1, -0.05) is 26.0 Å². The van der Waals surface area contributed by atoms with Crippen LogP contribution in [0.3, 0.4) is 0 Å². The van der Waals surface area contributed by atoms with E-state index >= 15 is 0 Å². The number of aliphatic hydroxyl groups excluding tert-OH is 1. The lowest BCUT2D eigenvalue weighted by Gasteiger charge is -2.31. The summed E-state index contributed by atoms with van der Waals surface area (Å²) in [5, 5.41) is 21.3. The highest BCUT2D eigenvalue weighted by Crippen LogP contribution is 2.34. The van der Waals surface area contributed by atoms with Crippen LogP contribution in [0.2, 0.25) is 0 Å². The highest BCUT2D eigenvalue weighted by molar-refractivity contribution is 7.99. The summed E-state index contributed by atoms with van der Waals surface area (Å²) in [5.74, 6) is -0.922. The number of aliphatic carboxylic acids is 1. The monoisotopic (exact) mass is 748 g/mol. The quantitative estimate of drug-likeness (QED) is 0.106. The van der Waals surface area contributed by atoms with Crippen LogP contribution in [0, 0.1) is 6.92 Å². The lowest BCUT2D eigenvalue weighted by Crippen LogP contribution is -2.42. The Kier molecular flexibility index (Phi) is 15.7. The predicted molar refractivity (Wildman–Crippen MR) is 212 cm³/mol. The molecular formula is C41H56N4O7S. The summed E-state index contributed by atoms with van der Waals surface area (Å²) in [6.07, 6.45) is 6.15. The molecule has 3 N–H and O–H groups in total. The van der Waals surface area contributed by atoms with Crippen LogP contribution in [-0.4, -0.2) is 101 Å². The fraction of sp³-hybridized carbons (Fsp3) is 0.512. The van der Waals surface area contributed by atoms with Crippen molar-refractivity contribution in [2.75, 3.05) is 62.8 Å². The van der Waals surface area contributed by atoms with Crippen LogP contribution >= 0.6 is 11.8 Å². The van der Waals surface area contributed by atoms with Gasteiger partial charge in [-0.3, -0.25) is 19.4 Å². The molecule has 0 aliphatic carbocycles. The number of ether oxygens (including phenoxy) is 2. The van der Waals surface area contributed by atoms with E-state index in [1.165, 1.54) is 24.2 Å². The van der Waals surface area contributed by atoms with Crippen LogP contribution in [0.25, 0.3) is 11.3 Å². The Morgan fingerprint density at radius 3 is 2.47 bits per heavy atom. The van der Waals surface area contributed by atoms with Crippen LogP contribution in [0.15, 0.2) is 60.8 Å². The second kappa shape index (κ2) is 19.9. The SMILES string of the molecule is Cc1ccnc(-c2cc(N3CCCCC3)ccc2NC(=O)c2cccc(CSC(C)(C)CCOC(C)(C)CC(=O)N(CCOCCO)CC(=O)O)c2)c1. The molecule has 53 heavy (non-hydrogen) atoms. The number of aryl methyl sites for hydroxylation is 1. The van der Waals surface area contributed by atoms with Crippen molar-refractivity contribution in [1.82, 2.24) is 9.88 Å². The van der Waals surface area contributed by atoms with Crippen LogP contribution < -0.4 is 10.2 Å². The maximum absolute atomic E-state index is 13.7. The minimum Gasteiger partial charge on any atom is -0.480 e. The summed E-state index contributed by atoms with van der Waals surface area (Å²) >= 11 is 1.76. The molecule has 0 spiro atoms. The van der Waals surface area contributed by atoms with Crippen LogP contribution in [0.4, 0.5) is 11.4 Å². The van der Waals surface area contributed by atoms with Gasteiger partial charge in [0, 0.05) is 59.8 Å². The van der Waals surface area contributed by atoms with Crippen molar-refractivity contribution in [2.45, 2.75) is 82.8 Å². The van der Waals surface area contributed by atoms with E-state index in [4.69, 9.17) is 14.6 Å². The van der Waals surface area contributed by atoms with Crippen molar-refractivity contribution < 1.29 is 34.1 Å². The number of anilines is 2. The van der Waals surface area contributed by atoms with Gasteiger partial charge in [-0.25, -0.2) is 0 Å². The summed E-state index contributed by atoms with van der Waals surface area (Å²) in [6.45, 7) is 12.3. The fourth-order valence-electron chi connectivity index (χ4n) is 6.13. The van der Waals surface area contributed by atoms with E-state index in [-0.39, 0.29) is 49.3 Å². The second-order valence-electron chi connectivity index (χ2n) is 14.8. The van der Waals surface area contributed by atoms with E-state index in [0.29, 0.717) is 24.3 Å². The standard InChI is InChI=1S/C41H56N4O7S/c1-30-14-16-42-36(24-30)34-26-33(44-17-7-6-8-18-44)12-13-35(34)43-39(50)32-11-9-10-31(25-32)29-53-41(4,5)15-21-52-40(2,3)27-37(47)45(28-38(48)49)19-22-51-23-20-46/h9-14,16,24-26,46H,6-8,15,17-23,27-29H2,1-5H3,(H,43,50)(H,48,49). The zero-order chi connectivity index (χ0) is 38.4. The normalized spacial score (nSPS) is 13.5. The van der Waals surface area contributed by atoms with Gasteiger partial charge in [0.15, 0.2) is 0 Å². The van der Waals surface area contributed by atoms with E-state index in [9.17, 15) is 19.5 Å². The molecule has 0 saturated carbocycles. The van der Waals surface area contributed by atoms with Crippen molar-refractivity contribution >= 4 is 40.9 Å². The van der Waals surface area contributed by atoms with Crippen LogP contribution in [-0.2, 0) is 24.8 Å². The third kappa shape index (κ3) is 13.7. The van der Waals surface area contributed by atoms with Crippen molar-refractivity contribution in [3.63, 3.8) is 0 Å². The lowest BCUT2D eigenvalue weighted by atomic mass is 10.0. The zero-order valence-electron chi connectivity index (χ0n) is 31.9. The lowest BCUT2D eigenvalue weighted by molar-refractivity contribution is -0.148. The third-order valence-corrected chi connectivity index (χ3v) is 10.6. The molecule has 11 nitrogen and oxygen atoms in total. The summed E-state index contributed by atoms with van der Waals surface area (Å²) < 4.78 is 11.2. The van der Waals surface area contributed by atoms with Crippen molar-refractivity contribution in [3.8, 4) is 11.3 Å². The van der Waals surface area contributed by atoms with Gasteiger partial charge in [0.25, 0.3) is 5.91 Å². The fourth-order valence-corrected chi connectivity index (χ4v) is 7.09. The molecule has 1 aliphatic rings. The number of nitrogens with one attached hydrogen (secondary N) is 1. The maximum Gasteiger partial charge on any atom is 0.323 e. The summed E-state index contributed by atoms with van der Waals surface area (Å²) in [7, 11) is 0. The Bertz CT molecular complexity index is 1680. The number of thioether (sulfide) groups is 1. The Morgan fingerprint density at radius 2 is 1.75 bits per heavy atom. The molecule has 0 unspecified atom stereocenters. The molecular weight excluding hydrogens is 693 g/mol. The number of aromatic nitrogens is 1. The van der Waals surface area contributed by atoms with Crippen LogP contribution in [0.5, 0.6) is 0 Å². The highest BCUT2D eigenvalue weighted by Gasteiger charge is 2.28. The number of amides is 2. The first-order chi connectivity index (χ1) is 25.2. The molecule has 2 heterocycles. The molecule has 1 saturated heterocycles.